The molecule has 3 rings (SSSR count). The van der Waals surface area contributed by atoms with Crippen molar-refractivity contribution in [1.29, 1.82) is 0 Å². The van der Waals surface area contributed by atoms with E-state index >= 15 is 0 Å². The Bertz CT molecular complexity index is 604. The first-order valence-corrected chi connectivity index (χ1v) is 7.22. The molecule has 0 aliphatic rings. The van der Waals surface area contributed by atoms with E-state index in [1.165, 1.54) is 11.1 Å². The van der Waals surface area contributed by atoms with Crippen LogP contribution in [-0.2, 0) is 25.8 Å². The zero-order valence-corrected chi connectivity index (χ0v) is 11.9. The van der Waals surface area contributed by atoms with Crippen molar-refractivity contribution < 1.29 is 0 Å². The van der Waals surface area contributed by atoms with Crippen LogP contribution >= 0.6 is 0 Å². The van der Waals surface area contributed by atoms with Crippen LogP contribution in [0.4, 0.5) is 0 Å². The maximum absolute atomic E-state index is 4.24. The summed E-state index contributed by atoms with van der Waals surface area (Å²) in [6, 6.07) is 14.5. The van der Waals surface area contributed by atoms with Crippen LogP contribution in [0.5, 0.6) is 0 Å². The molecule has 0 aliphatic carbocycles. The van der Waals surface area contributed by atoms with Gasteiger partial charge in [0.05, 0.1) is 5.69 Å². The molecule has 0 unspecified atom stereocenters. The quantitative estimate of drug-likeness (QED) is 0.696. The monoisotopic (exact) mass is 278 g/mol. The summed E-state index contributed by atoms with van der Waals surface area (Å²) in [5, 5.41) is 8.44. The van der Waals surface area contributed by atoms with Gasteiger partial charge in [0.15, 0.2) is 0 Å². The van der Waals surface area contributed by atoms with Crippen LogP contribution in [0, 0.1) is 0 Å². The van der Waals surface area contributed by atoms with Crippen LogP contribution in [-0.4, -0.2) is 20.0 Å². The zero-order chi connectivity index (χ0) is 14.3. The Hall–Kier alpha value is -2.49. The van der Waals surface area contributed by atoms with Gasteiger partial charge in [0.25, 0.3) is 0 Å². The Morgan fingerprint density at radius 1 is 0.810 bits per heavy atom. The van der Waals surface area contributed by atoms with E-state index in [-0.39, 0.29) is 0 Å². The Balaban J connectivity index is 1.52. The topological polar surface area (TPSA) is 43.6 Å². The molecule has 0 radical (unpaired) electrons. The molecule has 3 aromatic rings. The van der Waals surface area contributed by atoms with Crippen LogP contribution in [0.3, 0.4) is 0 Å². The van der Waals surface area contributed by atoms with E-state index in [1.54, 1.807) is 0 Å². The van der Waals surface area contributed by atoms with Crippen molar-refractivity contribution >= 4 is 0 Å². The molecule has 0 bridgehead atoms. The maximum atomic E-state index is 4.24. The van der Waals surface area contributed by atoms with Gasteiger partial charge in [-0.3, -0.25) is 9.67 Å². The minimum Gasteiger partial charge on any atom is -0.265 e. The van der Waals surface area contributed by atoms with Crippen molar-refractivity contribution in [1.82, 2.24) is 20.0 Å². The lowest BCUT2D eigenvalue weighted by molar-refractivity contribution is 0.589. The molecule has 0 saturated carbocycles. The summed E-state index contributed by atoms with van der Waals surface area (Å²) in [5.41, 5.74) is 3.66. The summed E-state index contributed by atoms with van der Waals surface area (Å²) in [4.78, 5) is 4.02. The Morgan fingerprint density at radius 3 is 2.38 bits per heavy atom. The predicted octanol–water partition coefficient (Wildman–Crippen LogP) is 2.70. The number of nitrogens with zero attached hydrogens (tertiary/aromatic N) is 4. The first-order valence-electron chi connectivity index (χ1n) is 7.22. The minimum atomic E-state index is 0.850. The Labute approximate surface area is 124 Å². The molecular weight excluding hydrogens is 260 g/mol. The fourth-order valence-electron chi connectivity index (χ4n) is 2.27. The van der Waals surface area contributed by atoms with Gasteiger partial charge in [-0.1, -0.05) is 35.5 Å². The van der Waals surface area contributed by atoms with E-state index in [0.29, 0.717) is 0 Å². The van der Waals surface area contributed by atoms with Crippen LogP contribution in [0.1, 0.15) is 16.8 Å². The molecule has 0 amide bonds. The van der Waals surface area contributed by atoms with Crippen LogP contribution in [0.2, 0.25) is 0 Å². The van der Waals surface area contributed by atoms with Crippen LogP contribution in [0.15, 0.2) is 61.1 Å². The molecule has 0 spiro atoms. The molecule has 4 heteroatoms. The molecular formula is C17H18N4. The standard InChI is InChI=1S/C17H18N4/c1-2-4-15(5-3-1)6-7-17-14-21(20-19-17)13-10-16-8-11-18-12-9-16/h1-5,8-9,11-12,14H,6-7,10,13H2. The average Bonchev–Trinajstić information content (AvgIpc) is 3.01. The second-order valence-electron chi connectivity index (χ2n) is 5.06. The molecule has 0 N–H and O–H groups in total. The third-order valence-corrected chi connectivity index (χ3v) is 3.48. The van der Waals surface area contributed by atoms with E-state index in [2.05, 4.69) is 39.6 Å². The minimum absolute atomic E-state index is 0.850. The molecule has 0 fully saturated rings. The van der Waals surface area contributed by atoms with Crippen LogP contribution < -0.4 is 0 Å². The molecule has 106 valence electrons. The van der Waals surface area contributed by atoms with Crippen molar-refractivity contribution in [3.05, 3.63) is 77.9 Å². The highest BCUT2D eigenvalue weighted by atomic mass is 15.4. The number of rotatable bonds is 6. The summed E-state index contributed by atoms with van der Waals surface area (Å²) in [6.07, 6.45) is 8.57. The highest BCUT2D eigenvalue weighted by Gasteiger charge is 2.02. The van der Waals surface area contributed by atoms with Gasteiger partial charge in [-0.2, -0.15) is 0 Å². The molecule has 0 atom stereocenters. The summed E-state index contributed by atoms with van der Waals surface area (Å²) in [5.74, 6) is 0. The fraction of sp³-hybridized carbons (Fsp3) is 0.235. The third kappa shape index (κ3) is 3.99. The van der Waals surface area contributed by atoms with Crippen molar-refractivity contribution in [2.45, 2.75) is 25.8 Å². The lowest BCUT2D eigenvalue weighted by atomic mass is 10.1. The maximum Gasteiger partial charge on any atom is 0.0830 e. The smallest absolute Gasteiger partial charge is 0.0830 e. The van der Waals surface area contributed by atoms with E-state index in [4.69, 9.17) is 0 Å². The van der Waals surface area contributed by atoms with Gasteiger partial charge in [-0.05, 0) is 42.5 Å². The highest BCUT2D eigenvalue weighted by molar-refractivity contribution is 5.16. The van der Waals surface area contributed by atoms with E-state index in [1.807, 2.05) is 41.5 Å². The molecule has 0 saturated heterocycles. The van der Waals surface area contributed by atoms with E-state index in [0.717, 1.165) is 31.5 Å². The lowest BCUT2D eigenvalue weighted by Crippen LogP contribution is -2.02. The van der Waals surface area contributed by atoms with Gasteiger partial charge in [0, 0.05) is 25.1 Å². The first-order chi connectivity index (χ1) is 10.4. The highest BCUT2D eigenvalue weighted by Crippen LogP contribution is 2.05. The number of aryl methyl sites for hydroxylation is 4. The number of pyridine rings is 1. The Morgan fingerprint density at radius 2 is 1.57 bits per heavy atom. The summed E-state index contributed by atoms with van der Waals surface area (Å²) >= 11 is 0. The second-order valence-corrected chi connectivity index (χ2v) is 5.06. The average molecular weight is 278 g/mol. The molecule has 1 aromatic carbocycles. The first kappa shape index (κ1) is 13.5. The molecule has 0 aliphatic heterocycles. The van der Waals surface area contributed by atoms with Crippen LogP contribution in [0.25, 0.3) is 0 Å². The number of hydrogen-bond donors (Lipinski definition) is 0. The summed E-state index contributed by atoms with van der Waals surface area (Å²) < 4.78 is 1.92. The normalized spacial score (nSPS) is 10.7. The number of hydrogen-bond acceptors (Lipinski definition) is 3. The van der Waals surface area contributed by atoms with Crippen molar-refractivity contribution in [2.75, 3.05) is 0 Å². The van der Waals surface area contributed by atoms with E-state index < -0.39 is 0 Å². The van der Waals surface area contributed by atoms with Crippen molar-refractivity contribution in [3.8, 4) is 0 Å². The van der Waals surface area contributed by atoms with Gasteiger partial charge < -0.3 is 0 Å². The Kier molecular flexibility index (Phi) is 4.36. The number of benzene rings is 1. The molecule has 21 heavy (non-hydrogen) atoms. The molecule has 2 heterocycles. The van der Waals surface area contributed by atoms with Crippen molar-refractivity contribution in [2.24, 2.45) is 0 Å². The van der Waals surface area contributed by atoms with Crippen molar-refractivity contribution in [3.63, 3.8) is 0 Å². The summed E-state index contributed by atoms with van der Waals surface area (Å²) in [7, 11) is 0. The van der Waals surface area contributed by atoms with Gasteiger partial charge in [-0.25, -0.2) is 0 Å². The predicted molar refractivity (Wildman–Crippen MR) is 81.8 cm³/mol. The van der Waals surface area contributed by atoms with Gasteiger partial charge in [0.1, 0.15) is 0 Å². The molecule has 2 aromatic heterocycles. The van der Waals surface area contributed by atoms with Gasteiger partial charge >= 0.3 is 0 Å². The summed E-state index contributed by atoms with van der Waals surface area (Å²) in [6.45, 7) is 0.850. The molecule has 4 nitrogen and oxygen atoms in total. The van der Waals surface area contributed by atoms with Gasteiger partial charge in [0.2, 0.25) is 0 Å². The lowest BCUT2D eigenvalue weighted by Gasteiger charge is -2.00. The third-order valence-electron chi connectivity index (χ3n) is 3.48. The number of aromatic nitrogens is 4. The fourth-order valence-corrected chi connectivity index (χ4v) is 2.27. The van der Waals surface area contributed by atoms with Gasteiger partial charge in [-0.15, -0.1) is 5.10 Å². The van der Waals surface area contributed by atoms with E-state index in [9.17, 15) is 0 Å². The second kappa shape index (κ2) is 6.79. The SMILES string of the molecule is c1ccc(CCc2cn(CCc3ccncc3)nn2)cc1. The zero-order valence-electron chi connectivity index (χ0n) is 11.9. The largest absolute Gasteiger partial charge is 0.265 e.